The molecular formula is C11H25N. The van der Waals surface area contributed by atoms with Crippen molar-refractivity contribution in [3.8, 4) is 0 Å². The second kappa shape index (κ2) is 7.60. The molecule has 0 aromatic heterocycles. The molecule has 1 unspecified atom stereocenters. The number of hydrogen-bond acceptors (Lipinski definition) is 1. The van der Waals surface area contributed by atoms with Gasteiger partial charge in [0.05, 0.1) is 0 Å². The Morgan fingerprint density at radius 1 is 1.08 bits per heavy atom. The van der Waals surface area contributed by atoms with Crippen LogP contribution in [0.3, 0.4) is 0 Å². The smallest absolute Gasteiger partial charge is 0.00870 e. The van der Waals surface area contributed by atoms with E-state index in [9.17, 15) is 0 Å². The maximum Gasteiger partial charge on any atom is 0.00870 e. The summed E-state index contributed by atoms with van der Waals surface area (Å²) in [5.74, 6) is 0.775. The van der Waals surface area contributed by atoms with E-state index in [1.54, 1.807) is 0 Å². The summed E-state index contributed by atoms with van der Waals surface area (Å²) in [6.07, 6.45) is 6.87. The first-order valence-corrected chi connectivity index (χ1v) is 5.39. The van der Waals surface area contributed by atoms with Gasteiger partial charge in [-0.05, 0) is 19.4 Å². The molecule has 1 atom stereocenters. The minimum absolute atomic E-state index is 0.724. The van der Waals surface area contributed by atoms with Gasteiger partial charge in [0.2, 0.25) is 0 Å². The molecule has 1 N–H and O–H groups in total. The van der Waals surface area contributed by atoms with Crippen LogP contribution in [0.1, 0.15) is 52.9 Å². The molecule has 0 heterocycles. The van der Waals surface area contributed by atoms with E-state index >= 15 is 0 Å². The molecule has 0 aliphatic heterocycles. The summed E-state index contributed by atoms with van der Waals surface area (Å²) < 4.78 is 0. The zero-order valence-corrected chi connectivity index (χ0v) is 9.19. The van der Waals surface area contributed by atoms with Crippen molar-refractivity contribution in [3.05, 3.63) is 0 Å². The molecule has 1 nitrogen and oxygen atoms in total. The van der Waals surface area contributed by atoms with Crippen LogP contribution in [-0.2, 0) is 0 Å². The van der Waals surface area contributed by atoms with Gasteiger partial charge in [-0.2, -0.15) is 0 Å². The van der Waals surface area contributed by atoms with Crippen molar-refractivity contribution in [1.82, 2.24) is 5.32 Å². The Labute approximate surface area is 77.9 Å². The number of hydrogen-bond donors (Lipinski definition) is 1. The molecule has 0 aromatic carbocycles. The molecule has 0 aliphatic carbocycles. The van der Waals surface area contributed by atoms with Crippen molar-refractivity contribution >= 4 is 0 Å². The molecule has 12 heavy (non-hydrogen) atoms. The summed E-state index contributed by atoms with van der Waals surface area (Å²) in [4.78, 5) is 0. The van der Waals surface area contributed by atoms with E-state index in [0.29, 0.717) is 0 Å². The van der Waals surface area contributed by atoms with Gasteiger partial charge in [0.25, 0.3) is 0 Å². The van der Waals surface area contributed by atoms with Gasteiger partial charge in [-0.15, -0.1) is 0 Å². The van der Waals surface area contributed by atoms with Crippen LogP contribution in [0, 0.1) is 5.92 Å². The Morgan fingerprint density at radius 2 is 1.75 bits per heavy atom. The minimum Gasteiger partial charge on any atom is -0.317 e. The minimum atomic E-state index is 0.724. The Balaban J connectivity index is 3.32. The number of nitrogens with one attached hydrogen (secondary N) is 1. The van der Waals surface area contributed by atoms with Gasteiger partial charge in [0, 0.05) is 6.04 Å². The first kappa shape index (κ1) is 12.0. The van der Waals surface area contributed by atoms with Crippen LogP contribution in [0.15, 0.2) is 0 Å². The molecule has 0 bridgehead atoms. The molecule has 0 spiro atoms. The van der Waals surface area contributed by atoms with Crippen molar-refractivity contribution in [3.63, 3.8) is 0 Å². The highest BCUT2D eigenvalue weighted by atomic mass is 14.9. The van der Waals surface area contributed by atoms with Crippen LogP contribution in [0.2, 0.25) is 0 Å². The van der Waals surface area contributed by atoms with Crippen LogP contribution in [-0.4, -0.2) is 13.1 Å². The van der Waals surface area contributed by atoms with Crippen molar-refractivity contribution in [2.24, 2.45) is 5.92 Å². The molecule has 0 aliphatic rings. The van der Waals surface area contributed by atoms with Crippen LogP contribution in [0.5, 0.6) is 0 Å². The van der Waals surface area contributed by atoms with Gasteiger partial charge in [0.15, 0.2) is 0 Å². The fourth-order valence-electron chi connectivity index (χ4n) is 1.60. The summed E-state index contributed by atoms with van der Waals surface area (Å²) in [7, 11) is 2.07. The zero-order valence-electron chi connectivity index (χ0n) is 9.19. The first-order valence-electron chi connectivity index (χ1n) is 5.39. The van der Waals surface area contributed by atoms with E-state index in [1.807, 2.05) is 0 Å². The van der Waals surface area contributed by atoms with E-state index in [2.05, 4.69) is 33.1 Å². The first-order chi connectivity index (χ1) is 5.72. The third-order valence-electron chi connectivity index (χ3n) is 2.54. The molecule has 74 valence electrons. The number of rotatable bonds is 7. The molecule has 0 amide bonds. The van der Waals surface area contributed by atoms with E-state index in [1.165, 1.54) is 32.1 Å². The highest BCUT2D eigenvalue weighted by Gasteiger charge is 2.08. The lowest BCUT2D eigenvalue weighted by molar-refractivity contribution is 0.387. The SMILES string of the molecule is CCCCCCC(NC)C(C)C. The predicted octanol–water partition coefficient (Wildman–Crippen LogP) is 3.20. The molecular weight excluding hydrogens is 146 g/mol. The van der Waals surface area contributed by atoms with Gasteiger partial charge >= 0.3 is 0 Å². The average molecular weight is 171 g/mol. The zero-order chi connectivity index (χ0) is 9.40. The molecule has 0 saturated carbocycles. The Morgan fingerprint density at radius 3 is 2.17 bits per heavy atom. The Bertz CT molecular complexity index is 89.0. The standard InChI is InChI=1S/C11H25N/c1-5-6-7-8-9-11(12-4)10(2)3/h10-12H,5-9H2,1-4H3. The summed E-state index contributed by atoms with van der Waals surface area (Å²) in [6.45, 7) is 6.85. The van der Waals surface area contributed by atoms with E-state index in [-0.39, 0.29) is 0 Å². The van der Waals surface area contributed by atoms with Crippen LogP contribution >= 0.6 is 0 Å². The van der Waals surface area contributed by atoms with Crippen molar-refractivity contribution in [2.45, 2.75) is 58.9 Å². The predicted molar refractivity (Wildman–Crippen MR) is 56.4 cm³/mol. The summed E-state index contributed by atoms with van der Waals surface area (Å²) in [5, 5.41) is 3.38. The van der Waals surface area contributed by atoms with E-state index in [4.69, 9.17) is 0 Å². The second-order valence-electron chi connectivity index (χ2n) is 3.99. The molecule has 0 rings (SSSR count). The quantitative estimate of drug-likeness (QED) is 0.580. The highest BCUT2D eigenvalue weighted by Crippen LogP contribution is 2.11. The van der Waals surface area contributed by atoms with Gasteiger partial charge in [-0.1, -0.05) is 46.5 Å². The van der Waals surface area contributed by atoms with Gasteiger partial charge in [0.1, 0.15) is 0 Å². The Hall–Kier alpha value is -0.0400. The van der Waals surface area contributed by atoms with E-state index < -0.39 is 0 Å². The summed E-state index contributed by atoms with van der Waals surface area (Å²) in [5.41, 5.74) is 0. The fourth-order valence-corrected chi connectivity index (χ4v) is 1.60. The lowest BCUT2D eigenvalue weighted by Crippen LogP contribution is -2.30. The van der Waals surface area contributed by atoms with E-state index in [0.717, 1.165) is 12.0 Å². The average Bonchev–Trinajstić information content (AvgIpc) is 2.04. The lowest BCUT2D eigenvalue weighted by Gasteiger charge is -2.19. The Kier molecular flexibility index (Phi) is 7.58. The van der Waals surface area contributed by atoms with Crippen molar-refractivity contribution in [1.29, 1.82) is 0 Å². The maximum absolute atomic E-state index is 3.38. The molecule has 0 fully saturated rings. The second-order valence-corrected chi connectivity index (χ2v) is 3.99. The van der Waals surface area contributed by atoms with Crippen LogP contribution in [0.4, 0.5) is 0 Å². The van der Waals surface area contributed by atoms with Crippen LogP contribution < -0.4 is 5.32 Å². The monoisotopic (exact) mass is 171 g/mol. The summed E-state index contributed by atoms with van der Waals surface area (Å²) in [6, 6.07) is 0.724. The molecule has 0 aromatic rings. The van der Waals surface area contributed by atoms with Crippen molar-refractivity contribution in [2.75, 3.05) is 7.05 Å². The van der Waals surface area contributed by atoms with Gasteiger partial charge in [-0.25, -0.2) is 0 Å². The maximum atomic E-state index is 3.38. The van der Waals surface area contributed by atoms with Crippen molar-refractivity contribution < 1.29 is 0 Å². The van der Waals surface area contributed by atoms with Gasteiger partial charge in [-0.3, -0.25) is 0 Å². The normalized spacial score (nSPS) is 13.8. The number of unbranched alkanes of at least 4 members (excludes halogenated alkanes) is 3. The third kappa shape index (κ3) is 5.59. The third-order valence-corrected chi connectivity index (χ3v) is 2.54. The fraction of sp³-hybridized carbons (Fsp3) is 1.00. The molecule has 0 saturated heterocycles. The topological polar surface area (TPSA) is 12.0 Å². The van der Waals surface area contributed by atoms with Crippen LogP contribution in [0.25, 0.3) is 0 Å². The van der Waals surface area contributed by atoms with Gasteiger partial charge < -0.3 is 5.32 Å². The summed E-state index contributed by atoms with van der Waals surface area (Å²) >= 11 is 0. The highest BCUT2D eigenvalue weighted by molar-refractivity contribution is 4.67. The molecule has 1 heteroatoms. The lowest BCUT2D eigenvalue weighted by atomic mass is 9.98. The largest absolute Gasteiger partial charge is 0.317 e. The molecule has 0 radical (unpaired) electrons.